The largest absolute Gasteiger partial charge is 0.347 e. The fraction of sp³-hybridized carbons (Fsp3) is 0.550. The first-order valence-electron chi connectivity index (χ1n) is 9.97. The summed E-state index contributed by atoms with van der Waals surface area (Å²) in [6.07, 6.45) is 5.97. The van der Waals surface area contributed by atoms with E-state index in [0.717, 1.165) is 58.4 Å². The zero-order chi connectivity index (χ0) is 18.5. The van der Waals surface area contributed by atoms with Crippen LogP contribution in [0.2, 0.25) is 0 Å². The maximum absolute atomic E-state index is 12.6. The van der Waals surface area contributed by atoms with Gasteiger partial charge in [-0.1, -0.05) is 35.5 Å². The molecular formula is C20H28N6O. The molecule has 2 N–H and O–H groups in total. The lowest BCUT2D eigenvalue weighted by atomic mass is 10.0. The van der Waals surface area contributed by atoms with Gasteiger partial charge in [-0.15, -0.1) is 5.10 Å². The number of amides is 1. The molecule has 27 heavy (non-hydrogen) atoms. The topological polar surface area (TPSA) is 75.1 Å². The second kappa shape index (κ2) is 8.63. The molecule has 1 unspecified atom stereocenters. The summed E-state index contributed by atoms with van der Waals surface area (Å²) < 4.78 is 1.86. The van der Waals surface area contributed by atoms with E-state index in [0.29, 0.717) is 11.7 Å². The van der Waals surface area contributed by atoms with E-state index >= 15 is 0 Å². The maximum atomic E-state index is 12.6. The Balaban J connectivity index is 1.31. The van der Waals surface area contributed by atoms with Crippen LogP contribution in [0.4, 0.5) is 0 Å². The fourth-order valence-corrected chi connectivity index (χ4v) is 4.05. The van der Waals surface area contributed by atoms with Gasteiger partial charge in [0, 0.05) is 19.1 Å². The number of carbonyl (C=O) groups is 1. The molecule has 2 aromatic rings. The number of carbonyl (C=O) groups excluding carboxylic acids is 1. The Bertz CT molecular complexity index is 740. The van der Waals surface area contributed by atoms with Crippen LogP contribution in [0, 0.1) is 0 Å². The van der Waals surface area contributed by atoms with E-state index < -0.39 is 0 Å². The van der Waals surface area contributed by atoms with Crippen LogP contribution in [-0.2, 0) is 6.54 Å². The van der Waals surface area contributed by atoms with Crippen LogP contribution in [0.5, 0.6) is 0 Å². The van der Waals surface area contributed by atoms with Crippen LogP contribution in [-0.4, -0.2) is 58.0 Å². The molecule has 2 aliphatic heterocycles. The van der Waals surface area contributed by atoms with Crippen molar-refractivity contribution in [2.45, 2.75) is 44.3 Å². The van der Waals surface area contributed by atoms with E-state index in [9.17, 15) is 4.79 Å². The molecule has 2 aliphatic rings. The highest BCUT2D eigenvalue weighted by molar-refractivity contribution is 5.92. The third-order valence-electron chi connectivity index (χ3n) is 5.52. The number of hydrogen-bond acceptors (Lipinski definition) is 5. The lowest BCUT2D eigenvalue weighted by Gasteiger charge is -2.33. The first-order chi connectivity index (χ1) is 13.3. The number of likely N-dealkylation sites (tertiary alicyclic amines) is 1. The van der Waals surface area contributed by atoms with Gasteiger partial charge in [0.1, 0.15) is 0 Å². The molecule has 3 heterocycles. The summed E-state index contributed by atoms with van der Waals surface area (Å²) in [7, 11) is 0. The molecule has 1 amide bonds. The predicted molar refractivity (Wildman–Crippen MR) is 103 cm³/mol. The Morgan fingerprint density at radius 1 is 1.19 bits per heavy atom. The quantitative estimate of drug-likeness (QED) is 0.838. The minimum absolute atomic E-state index is 0.109. The molecular weight excluding hydrogens is 340 g/mol. The van der Waals surface area contributed by atoms with Gasteiger partial charge in [-0.3, -0.25) is 9.69 Å². The highest BCUT2D eigenvalue weighted by Crippen LogP contribution is 2.18. The van der Waals surface area contributed by atoms with E-state index in [4.69, 9.17) is 0 Å². The first kappa shape index (κ1) is 18.1. The third-order valence-corrected chi connectivity index (χ3v) is 5.52. The van der Waals surface area contributed by atoms with E-state index in [1.807, 2.05) is 10.7 Å². The third kappa shape index (κ3) is 4.73. The van der Waals surface area contributed by atoms with Gasteiger partial charge in [-0.25, -0.2) is 4.68 Å². The van der Waals surface area contributed by atoms with Crippen LogP contribution in [0.3, 0.4) is 0 Å². The zero-order valence-electron chi connectivity index (χ0n) is 15.7. The second-order valence-corrected chi connectivity index (χ2v) is 7.60. The summed E-state index contributed by atoms with van der Waals surface area (Å²) in [6, 6.07) is 11.0. The smallest absolute Gasteiger partial charge is 0.273 e. The van der Waals surface area contributed by atoms with E-state index in [-0.39, 0.29) is 11.9 Å². The molecule has 144 valence electrons. The molecule has 0 saturated carbocycles. The normalized spacial score (nSPS) is 21.9. The fourth-order valence-electron chi connectivity index (χ4n) is 4.05. The van der Waals surface area contributed by atoms with Gasteiger partial charge in [0.05, 0.1) is 12.2 Å². The Kier molecular flexibility index (Phi) is 5.79. The monoisotopic (exact) mass is 368 g/mol. The molecule has 0 bridgehead atoms. The van der Waals surface area contributed by atoms with Gasteiger partial charge in [-0.05, 0) is 50.9 Å². The lowest BCUT2D eigenvalue weighted by molar-refractivity contribution is 0.0895. The van der Waals surface area contributed by atoms with Gasteiger partial charge >= 0.3 is 0 Å². The number of nitrogens with one attached hydrogen (secondary N) is 2. The summed E-state index contributed by atoms with van der Waals surface area (Å²) in [4.78, 5) is 15.0. The van der Waals surface area contributed by atoms with E-state index in [1.165, 1.54) is 5.56 Å². The van der Waals surface area contributed by atoms with Crippen molar-refractivity contribution in [3.05, 3.63) is 47.8 Å². The molecule has 7 heteroatoms. The van der Waals surface area contributed by atoms with Crippen molar-refractivity contribution >= 4 is 5.91 Å². The van der Waals surface area contributed by atoms with E-state index in [1.54, 1.807) is 6.20 Å². The van der Waals surface area contributed by atoms with Crippen LogP contribution < -0.4 is 10.6 Å². The second-order valence-electron chi connectivity index (χ2n) is 7.60. The Labute approximate surface area is 160 Å². The Morgan fingerprint density at radius 2 is 2.00 bits per heavy atom. The van der Waals surface area contributed by atoms with Crippen molar-refractivity contribution in [1.82, 2.24) is 30.5 Å². The number of rotatable bonds is 5. The molecule has 7 nitrogen and oxygen atoms in total. The van der Waals surface area contributed by atoms with Gasteiger partial charge in [0.2, 0.25) is 0 Å². The van der Waals surface area contributed by atoms with Gasteiger partial charge in [0.25, 0.3) is 5.91 Å². The lowest BCUT2D eigenvalue weighted by Crippen LogP contribution is -2.47. The summed E-state index contributed by atoms with van der Waals surface area (Å²) in [5.74, 6) is -0.109. The van der Waals surface area contributed by atoms with Crippen molar-refractivity contribution in [3.63, 3.8) is 0 Å². The minimum Gasteiger partial charge on any atom is -0.347 e. The average Bonchev–Trinajstić information content (AvgIpc) is 3.20. The van der Waals surface area contributed by atoms with E-state index in [2.05, 4.69) is 50.1 Å². The number of aromatic nitrogens is 3. The van der Waals surface area contributed by atoms with Crippen molar-refractivity contribution in [2.75, 3.05) is 26.2 Å². The Morgan fingerprint density at radius 3 is 2.81 bits per heavy atom. The predicted octanol–water partition coefficient (Wildman–Crippen LogP) is 1.60. The molecule has 0 spiro atoms. The summed E-state index contributed by atoms with van der Waals surface area (Å²) in [5, 5.41) is 14.8. The molecule has 2 fully saturated rings. The average molecular weight is 368 g/mol. The standard InChI is InChI=1S/C20H28N6O/c27-20(19-15-26(24-23-19)18-8-10-21-11-9-18)22-17-7-4-12-25(14-17)13-16-5-2-1-3-6-16/h1-3,5-6,15,17-18,21H,4,7-14H2,(H,22,27). The van der Waals surface area contributed by atoms with Crippen LogP contribution in [0.1, 0.15) is 47.8 Å². The number of piperidine rings is 2. The first-order valence-corrected chi connectivity index (χ1v) is 9.97. The van der Waals surface area contributed by atoms with Gasteiger partial charge in [-0.2, -0.15) is 0 Å². The Hall–Kier alpha value is -2.25. The molecule has 2 saturated heterocycles. The van der Waals surface area contributed by atoms with Crippen LogP contribution in [0.25, 0.3) is 0 Å². The molecule has 1 aromatic heterocycles. The maximum Gasteiger partial charge on any atom is 0.273 e. The number of hydrogen-bond donors (Lipinski definition) is 2. The number of nitrogens with zero attached hydrogens (tertiary/aromatic N) is 4. The van der Waals surface area contributed by atoms with Crippen LogP contribution >= 0.6 is 0 Å². The highest BCUT2D eigenvalue weighted by Gasteiger charge is 2.24. The van der Waals surface area contributed by atoms with Gasteiger partial charge in [0.15, 0.2) is 5.69 Å². The summed E-state index contributed by atoms with van der Waals surface area (Å²) in [6.45, 7) is 4.87. The SMILES string of the molecule is O=C(NC1CCCN(Cc2ccccc2)C1)c1cn(C2CCNCC2)nn1. The molecule has 0 radical (unpaired) electrons. The van der Waals surface area contributed by atoms with Crippen molar-refractivity contribution < 1.29 is 4.79 Å². The molecule has 4 rings (SSSR count). The number of benzene rings is 1. The van der Waals surface area contributed by atoms with Crippen molar-refractivity contribution in [2.24, 2.45) is 0 Å². The van der Waals surface area contributed by atoms with Gasteiger partial charge < -0.3 is 10.6 Å². The van der Waals surface area contributed by atoms with Crippen molar-refractivity contribution in [3.8, 4) is 0 Å². The highest BCUT2D eigenvalue weighted by atomic mass is 16.2. The zero-order valence-corrected chi connectivity index (χ0v) is 15.7. The van der Waals surface area contributed by atoms with Crippen LogP contribution in [0.15, 0.2) is 36.5 Å². The summed E-state index contributed by atoms with van der Waals surface area (Å²) >= 11 is 0. The summed E-state index contributed by atoms with van der Waals surface area (Å²) in [5.41, 5.74) is 1.74. The molecule has 0 aliphatic carbocycles. The minimum atomic E-state index is -0.109. The molecule has 1 aromatic carbocycles. The van der Waals surface area contributed by atoms with Crippen molar-refractivity contribution in [1.29, 1.82) is 0 Å². The molecule has 1 atom stereocenters.